The van der Waals surface area contributed by atoms with Gasteiger partial charge in [0.05, 0.1) is 5.56 Å². The van der Waals surface area contributed by atoms with Crippen molar-refractivity contribution in [2.75, 3.05) is 6.26 Å². The third kappa shape index (κ3) is 2.17. The summed E-state index contributed by atoms with van der Waals surface area (Å²) in [4.78, 5) is 11.0. The summed E-state index contributed by atoms with van der Waals surface area (Å²) in [7, 11) is 0. The van der Waals surface area contributed by atoms with Crippen molar-refractivity contribution in [2.24, 2.45) is 0 Å². The number of thioether (sulfide) groups is 1. The molecule has 0 bridgehead atoms. The van der Waals surface area contributed by atoms with Gasteiger partial charge in [0, 0.05) is 29.4 Å². The first-order valence-electron chi connectivity index (χ1n) is 5.51. The van der Waals surface area contributed by atoms with Crippen LogP contribution in [0.25, 0.3) is 10.9 Å². The number of fused-ring (bicyclic) bond motifs is 1. The third-order valence-corrected chi connectivity index (χ3v) is 3.45. The zero-order valence-electron chi connectivity index (χ0n) is 9.93. The molecular formula is C13H15NO2S. The van der Waals surface area contributed by atoms with Crippen LogP contribution in [0, 0.1) is 0 Å². The number of hydrogen-bond donors (Lipinski definition) is 1. The summed E-state index contributed by atoms with van der Waals surface area (Å²) in [6.45, 7) is 2.99. The zero-order chi connectivity index (χ0) is 12.4. The second kappa shape index (κ2) is 4.84. The van der Waals surface area contributed by atoms with Crippen molar-refractivity contribution in [1.29, 1.82) is 0 Å². The van der Waals surface area contributed by atoms with E-state index in [4.69, 9.17) is 5.11 Å². The van der Waals surface area contributed by atoms with Crippen molar-refractivity contribution in [2.45, 2.75) is 19.2 Å². The number of carboxylic acid groups (broad SMARTS) is 1. The molecule has 0 amide bonds. The average molecular weight is 249 g/mol. The van der Waals surface area contributed by atoms with Gasteiger partial charge in [-0.3, -0.25) is 0 Å². The minimum Gasteiger partial charge on any atom is -0.478 e. The van der Waals surface area contributed by atoms with E-state index in [-0.39, 0.29) is 0 Å². The van der Waals surface area contributed by atoms with Gasteiger partial charge in [-0.2, -0.15) is 11.8 Å². The lowest BCUT2D eigenvalue weighted by molar-refractivity contribution is 0.0697. The number of aromatic carboxylic acids is 1. The van der Waals surface area contributed by atoms with E-state index in [1.165, 1.54) is 5.56 Å². The molecule has 0 aliphatic carbocycles. The first-order valence-corrected chi connectivity index (χ1v) is 6.90. The van der Waals surface area contributed by atoms with Gasteiger partial charge >= 0.3 is 5.97 Å². The Morgan fingerprint density at radius 3 is 2.82 bits per heavy atom. The number of nitrogens with zero attached hydrogens (tertiary/aromatic N) is 1. The van der Waals surface area contributed by atoms with Gasteiger partial charge in [-0.1, -0.05) is 0 Å². The molecule has 90 valence electrons. The van der Waals surface area contributed by atoms with Crippen molar-refractivity contribution < 1.29 is 9.90 Å². The van der Waals surface area contributed by atoms with Crippen LogP contribution >= 0.6 is 11.8 Å². The number of hydrogen-bond acceptors (Lipinski definition) is 2. The Hall–Kier alpha value is -1.42. The number of aryl methyl sites for hydroxylation is 1. The Balaban J connectivity index is 2.64. The second-order valence-electron chi connectivity index (χ2n) is 3.91. The van der Waals surface area contributed by atoms with Gasteiger partial charge in [0.25, 0.3) is 0 Å². The SMILES string of the molecule is CCn1cc(CSC)c2cc(C(=O)O)ccc21. The molecule has 0 fully saturated rings. The average Bonchev–Trinajstić information content (AvgIpc) is 2.67. The van der Waals surface area contributed by atoms with Gasteiger partial charge < -0.3 is 9.67 Å². The molecule has 1 heterocycles. The van der Waals surface area contributed by atoms with E-state index in [1.807, 2.05) is 6.07 Å². The number of carbonyl (C=O) groups is 1. The fourth-order valence-electron chi connectivity index (χ4n) is 2.04. The fourth-order valence-corrected chi connectivity index (χ4v) is 2.58. The van der Waals surface area contributed by atoms with Crippen molar-refractivity contribution in [3.8, 4) is 0 Å². The van der Waals surface area contributed by atoms with Crippen LogP contribution in [0.3, 0.4) is 0 Å². The predicted molar refractivity (Wildman–Crippen MR) is 71.8 cm³/mol. The lowest BCUT2D eigenvalue weighted by atomic mass is 10.1. The lowest BCUT2D eigenvalue weighted by Crippen LogP contribution is -1.96. The number of carboxylic acids is 1. The molecule has 0 aliphatic rings. The molecule has 2 aromatic rings. The van der Waals surface area contributed by atoms with E-state index in [1.54, 1.807) is 23.9 Å². The minimum absolute atomic E-state index is 0.355. The predicted octanol–water partition coefficient (Wildman–Crippen LogP) is 3.22. The molecule has 2 rings (SSSR count). The zero-order valence-corrected chi connectivity index (χ0v) is 10.8. The van der Waals surface area contributed by atoms with Gasteiger partial charge in [0.15, 0.2) is 0 Å². The van der Waals surface area contributed by atoms with Gasteiger partial charge in [0.1, 0.15) is 0 Å². The highest BCUT2D eigenvalue weighted by Crippen LogP contribution is 2.25. The first kappa shape index (κ1) is 12.0. The van der Waals surface area contributed by atoms with Crippen LogP contribution in [0.1, 0.15) is 22.8 Å². The minimum atomic E-state index is -0.869. The highest BCUT2D eigenvalue weighted by molar-refractivity contribution is 7.97. The maximum atomic E-state index is 11.0. The van der Waals surface area contributed by atoms with Crippen LogP contribution in [-0.2, 0) is 12.3 Å². The van der Waals surface area contributed by atoms with Crippen LogP contribution in [0.4, 0.5) is 0 Å². The van der Waals surface area contributed by atoms with Crippen LogP contribution in [-0.4, -0.2) is 21.9 Å². The molecule has 4 heteroatoms. The van der Waals surface area contributed by atoms with Crippen LogP contribution in [0.2, 0.25) is 0 Å². The molecular weight excluding hydrogens is 234 g/mol. The van der Waals surface area contributed by atoms with E-state index in [0.717, 1.165) is 23.2 Å². The molecule has 3 nitrogen and oxygen atoms in total. The molecule has 0 spiro atoms. The van der Waals surface area contributed by atoms with E-state index in [0.29, 0.717) is 5.56 Å². The Labute approximate surface area is 104 Å². The highest BCUT2D eigenvalue weighted by atomic mass is 32.2. The van der Waals surface area contributed by atoms with Crippen LogP contribution in [0.15, 0.2) is 24.4 Å². The van der Waals surface area contributed by atoms with Crippen LogP contribution in [0.5, 0.6) is 0 Å². The van der Waals surface area contributed by atoms with Crippen molar-refractivity contribution in [1.82, 2.24) is 4.57 Å². The van der Waals surface area contributed by atoms with Crippen molar-refractivity contribution >= 4 is 28.6 Å². The largest absolute Gasteiger partial charge is 0.478 e. The standard InChI is InChI=1S/C13H15NO2S/c1-3-14-7-10(8-17-2)11-6-9(13(15)16)4-5-12(11)14/h4-7H,3,8H2,1-2H3,(H,15,16). The molecule has 1 aromatic carbocycles. The van der Waals surface area contributed by atoms with E-state index in [9.17, 15) is 4.79 Å². The smallest absolute Gasteiger partial charge is 0.335 e. The quantitative estimate of drug-likeness (QED) is 0.904. The topological polar surface area (TPSA) is 42.2 Å². The van der Waals surface area contributed by atoms with Crippen molar-refractivity contribution in [3.63, 3.8) is 0 Å². The Morgan fingerprint density at radius 2 is 2.24 bits per heavy atom. The molecule has 1 aromatic heterocycles. The summed E-state index contributed by atoms with van der Waals surface area (Å²) in [5, 5.41) is 10.1. The molecule has 0 radical (unpaired) electrons. The second-order valence-corrected chi connectivity index (χ2v) is 4.78. The molecule has 0 saturated heterocycles. The molecule has 17 heavy (non-hydrogen) atoms. The summed E-state index contributed by atoms with van der Waals surface area (Å²) in [6.07, 6.45) is 4.17. The number of rotatable bonds is 4. The van der Waals surface area contributed by atoms with E-state index >= 15 is 0 Å². The molecule has 0 aliphatic heterocycles. The first-order chi connectivity index (χ1) is 8.17. The van der Waals surface area contributed by atoms with E-state index in [2.05, 4.69) is 23.9 Å². The summed E-state index contributed by atoms with van der Waals surface area (Å²) < 4.78 is 2.16. The van der Waals surface area contributed by atoms with Gasteiger partial charge in [-0.15, -0.1) is 0 Å². The number of aromatic nitrogens is 1. The summed E-state index contributed by atoms with van der Waals surface area (Å²) in [5.41, 5.74) is 2.67. The number of benzene rings is 1. The fraction of sp³-hybridized carbons (Fsp3) is 0.308. The van der Waals surface area contributed by atoms with Gasteiger partial charge in [-0.05, 0) is 36.9 Å². The van der Waals surface area contributed by atoms with Gasteiger partial charge in [-0.25, -0.2) is 4.79 Å². The summed E-state index contributed by atoms with van der Waals surface area (Å²) in [5.74, 6) is 0.0401. The maximum Gasteiger partial charge on any atom is 0.335 e. The lowest BCUT2D eigenvalue weighted by Gasteiger charge is -2.00. The molecule has 0 saturated carbocycles. The van der Waals surface area contributed by atoms with Gasteiger partial charge in [0.2, 0.25) is 0 Å². The Kier molecular flexibility index (Phi) is 3.43. The van der Waals surface area contributed by atoms with Crippen molar-refractivity contribution in [3.05, 3.63) is 35.5 Å². The van der Waals surface area contributed by atoms with E-state index < -0.39 is 5.97 Å². The monoisotopic (exact) mass is 249 g/mol. The maximum absolute atomic E-state index is 11.0. The highest BCUT2D eigenvalue weighted by Gasteiger charge is 2.10. The molecule has 1 N–H and O–H groups in total. The van der Waals surface area contributed by atoms with Crippen LogP contribution < -0.4 is 0 Å². The molecule has 0 atom stereocenters. The Bertz CT molecular complexity index is 560. The summed E-state index contributed by atoms with van der Waals surface area (Å²) in [6, 6.07) is 5.33. The normalized spacial score (nSPS) is 10.9. The Morgan fingerprint density at radius 1 is 1.47 bits per heavy atom. The summed E-state index contributed by atoms with van der Waals surface area (Å²) >= 11 is 1.75. The molecule has 0 unspecified atom stereocenters. The third-order valence-electron chi connectivity index (χ3n) is 2.85.